The maximum atomic E-state index is 5.74. The van der Waals surface area contributed by atoms with Crippen molar-refractivity contribution in [3.63, 3.8) is 0 Å². The number of rotatable bonds is 3. The smallest absolute Gasteiger partial charge is 0.0650 e. The summed E-state index contributed by atoms with van der Waals surface area (Å²) in [6.07, 6.45) is 1.70. The van der Waals surface area contributed by atoms with Gasteiger partial charge < -0.3 is 0 Å². The lowest BCUT2D eigenvalue weighted by Crippen LogP contribution is -1.97. The average Bonchev–Trinajstić information content (AvgIpc) is 2.16. The van der Waals surface area contributed by atoms with E-state index in [0.717, 1.165) is 16.8 Å². The monoisotopic (exact) mass is 223 g/mol. The fourth-order valence-corrected chi connectivity index (χ4v) is 1.79. The molecule has 0 spiro atoms. The largest absolute Gasteiger partial charge is 0.260 e. The summed E-state index contributed by atoms with van der Waals surface area (Å²) in [6, 6.07) is 1.86. The zero-order chi connectivity index (χ0) is 8.97. The molecule has 0 N–H and O–H groups in total. The maximum absolute atomic E-state index is 5.74. The van der Waals surface area contributed by atoms with Gasteiger partial charge in [0.1, 0.15) is 0 Å². The molecule has 1 aromatic rings. The van der Waals surface area contributed by atoms with E-state index in [2.05, 4.69) is 4.98 Å². The molecule has 66 valence electrons. The number of hydrogen-bond donors (Lipinski definition) is 0. The van der Waals surface area contributed by atoms with Crippen LogP contribution in [0, 0.1) is 0 Å². The van der Waals surface area contributed by atoms with Gasteiger partial charge in [-0.15, -0.1) is 34.8 Å². The summed E-state index contributed by atoms with van der Waals surface area (Å²) < 4.78 is 0. The number of nitrogens with zero attached hydrogens (tertiary/aromatic N) is 1. The molecule has 1 nitrogen and oxygen atoms in total. The van der Waals surface area contributed by atoms with Gasteiger partial charge in [-0.1, -0.05) is 0 Å². The predicted molar refractivity (Wildman–Crippen MR) is 52.9 cm³/mol. The van der Waals surface area contributed by atoms with Crippen molar-refractivity contribution in [2.75, 3.05) is 0 Å². The van der Waals surface area contributed by atoms with Gasteiger partial charge in [-0.3, -0.25) is 4.98 Å². The van der Waals surface area contributed by atoms with Crippen LogP contribution < -0.4 is 0 Å². The highest BCUT2D eigenvalue weighted by atomic mass is 35.5. The zero-order valence-corrected chi connectivity index (χ0v) is 8.62. The molecule has 0 radical (unpaired) electrons. The van der Waals surface area contributed by atoms with Gasteiger partial charge >= 0.3 is 0 Å². The van der Waals surface area contributed by atoms with Gasteiger partial charge in [-0.25, -0.2) is 0 Å². The third kappa shape index (κ3) is 2.03. The van der Waals surface area contributed by atoms with E-state index in [1.165, 1.54) is 0 Å². The number of halogens is 3. The molecule has 0 bridgehead atoms. The molecule has 0 saturated heterocycles. The molecule has 1 heterocycles. The van der Waals surface area contributed by atoms with E-state index in [1.54, 1.807) is 6.20 Å². The van der Waals surface area contributed by atoms with Crippen LogP contribution in [-0.2, 0) is 17.6 Å². The average molecular weight is 225 g/mol. The molecule has 0 amide bonds. The summed E-state index contributed by atoms with van der Waals surface area (Å²) in [5.74, 6) is 1.25. The van der Waals surface area contributed by atoms with Gasteiger partial charge in [0.2, 0.25) is 0 Å². The van der Waals surface area contributed by atoms with Crippen LogP contribution in [0.2, 0.25) is 0 Å². The highest BCUT2D eigenvalue weighted by Crippen LogP contribution is 2.18. The Hall–Kier alpha value is 0.0200. The van der Waals surface area contributed by atoms with Crippen molar-refractivity contribution in [3.8, 4) is 0 Å². The van der Waals surface area contributed by atoms with E-state index in [-0.39, 0.29) is 0 Å². The van der Waals surface area contributed by atoms with E-state index in [9.17, 15) is 0 Å². The van der Waals surface area contributed by atoms with E-state index in [1.807, 2.05) is 6.07 Å². The van der Waals surface area contributed by atoms with E-state index < -0.39 is 0 Å². The fraction of sp³-hybridized carbons (Fsp3) is 0.375. The second kappa shape index (κ2) is 4.90. The second-order valence-corrected chi connectivity index (χ2v) is 3.10. The van der Waals surface area contributed by atoms with Crippen LogP contribution in [0.4, 0.5) is 0 Å². The highest BCUT2D eigenvalue weighted by Gasteiger charge is 2.06. The Labute approximate surface area is 86.7 Å². The topological polar surface area (TPSA) is 12.9 Å². The van der Waals surface area contributed by atoms with Crippen LogP contribution in [0.25, 0.3) is 0 Å². The summed E-state index contributed by atoms with van der Waals surface area (Å²) in [6.45, 7) is 0. The molecule has 0 unspecified atom stereocenters. The first-order chi connectivity index (χ1) is 5.83. The molecule has 4 heteroatoms. The van der Waals surface area contributed by atoms with Crippen molar-refractivity contribution in [2.24, 2.45) is 0 Å². The Morgan fingerprint density at radius 3 is 2.33 bits per heavy atom. The quantitative estimate of drug-likeness (QED) is 0.718. The summed E-state index contributed by atoms with van der Waals surface area (Å²) in [4.78, 5) is 4.10. The van der Waals surface area contributed by atoms with Crippen LogP contribution in [0.5, 0.6) is 0 Å². The first-order valence-corrected chi connectivity index (χ1v) is 5.07. The Balaban J connectivity index is 3.13. The zero-order valence-electron chi connectivity index (χ0n) is 6.36. The van der Waals surface area contributed by atoms with Crippen LogP contribution in [-0.4, -0.2) is 4.98 Å². The first kappa shape index (κ1) is 10.1. The molecule has 0 aliphatic heterocycles. The molecule has 0 aliphatic carbocycles. The first-order valence-electron chi connectivity index (χ1n) is 3.47. The van der Waals surface area contributed by atoms with Crippen molar-refractivity contribution in [1.82, 2.24) is 4.98 Å². The lowest BCUT2D eigenvalue weighted by molar-refractivity contribution is 1.07. The maximum Gasteiger partial charge on any atom is 0.0650 e. The number of pyridine rings is 1. The SMILES string of the molecule is ClCc1ccnc(CCl)c1CCl. The lowest BCUT2D eigenvalue weighted by Gasteiger charge is -2.06. The van der Waals surface area contributed by atoms with Gasteiger partial charge in [0.25, 0.3) is 0 Å². The lowest BCUT2D eigenvalue weighted by atomic mass is 10.1. The van der Waals surface area contributed by atoms with Crippen molar-refractivity contribution >= 4 is 34.8 Å². The number of aromatic nitrogens is 1. The van der Waals surface area contributed by atoms with Crippen LogP contribution >= 0.6 is 34.8 Å². The Kier molecular flexibility index (Phi) is 4.13. The molecular weight excluding hydrogens is 216 g/mol. The van der Waals surface area contributed by atoms with Gasteiger partial charge in [0.15, 0.2) is 0 Å². The summed E-state index contributed by atoms with van der Waals surface area (Å²) in [5, 5.41) is 0. The number of alkyl halides is 3. The summed E-state index contributed by atoms with van der Waals surface area (Å²) in [5.41, 5.74) is 2.80. The minimum atomic E-state index is 0.382. The van der Waals surface area contributed by atoms with E-state index in [0.29, 0.717) is 17.6 Å². The van der Waals surface area contributed by atoms with Gasteiger partial charge in [-0.2, -0.15) is 0 Å². The standard InChI is InChI=1S/C8H8Cl3N/c9-3-6-1-2-12-8(5-11)7(6)4-10/h1-2H,3-5H2. The molecule has 12 heavy (non-hydrogen) atoms. The van der Waals surface area contributed by atoms with Gasteiger partial charge in [-0.05, 0) is 17.2 Å². The number of hydrogen-bond acceptors (Lipinski definition) is 1. The van der Waals surface area contributed by atoms with E-state index in [4.69, 9.17) is 34.8 Å². The molecule has 1 aromatic heterocycles. The molecule has 0 fully saturated rings. The summed E-state index contributed by atoms with van der Waals surface area (Å²) in [7, 11) is 0. The van der Waals surface area contributed by atoms with Crippen molar-refractivity contribution in [3.05, 3.63) is 29.1 Å². The molecule has 0 saturated carbocycles. The van der Waals surface area contributed by atoms with Crippen molar-refractivity contribution in [1.29, 1.82) is 0 Å². The minimum absolute atomic E-state index is 0.382. The Bertz CT molecular complexity index is 240. The van der Waals surface area contributed by atoms with Gasteiger partial charge in [0, 0.05) is 18.0 Å². The second-order valence-electron chi connectivity index (χ2n) is 2.30. The van der Waals surface area contributed by atoms with Gasteiger partial charge in [0.05, 0.1) is 11.6 Å². The third-order valence-corrected chi connectivity index (χ3v) is 2.45. The Morgan fingerprint density at radius 1 is 1.08 bits per heavy atom. The van der Waals surface area contributed by atoms with Crippen molar-refractivity contribution < 1.29 is 0 Å². The summed E-state index contributed by atoms with van der Waals surface area (Å²) >= 11 is 17.1. The molecular formula is C8H8Cl3N. The fourth-order valence-electron chi connectivity index (χ4n) is 0.984. The third-order valence-electron chi connectivity index (χ3n) is 1.65. The Morgan fingerprint density at radius 2 is 1.83 bits per heavy atom. The minimum Gasteiger partial charge on any atom is -0.260 e. The predicted octanol–water partition coefficient (Wildman–Crippen LogP) is 3.30. The van der Waals surface area contributed by atoms with E-state index >= 15 is 0 Å². The highest BCUT2D eigenvalue weighted by molar-refractivity contribution is 6.19. The van der Waals surface area contributed by atoms with Crippen LogP contribution in [0.1, 0.15) is 16.8 Å². The normalized spacial score (nSPS) is 10.2. The van der Waals surface area contributed by atoms with Crippen LogP contribution in [0.15, 0.2) is 12.3 Å². The molecule has 0 aromatic carbocycles. The molecule has 0 atom stereocenters. The van der Waals surface area contributed by atoms with Crippen LogP contribution in [0.3, 0.4) is 0 Å². The molecule has 0 aliphatic rings. The molecule has 1 rings (SSSR count). The van der Waals surface area contributed by atoms with Crippen molar-refractivity contribution in [2.45, 2.75) is 17.6 Å².